The van der Waals surface area contributed by atoms with Gasteiger partial charge in [0.15, 0.2) is 0 Å². The molecule has 1 aliphatic heterocycles. The second-order valence-electron chi connectivity index (χ2n) is 4.65. The van der Waals surface area contributed by atoms with Crippen molar-refractivity contribution in [1.29, 1.82) is 0 Å². The van der Waals surface area contributed by atoms with Crippen LogP contribution in [0, 0.1) is 0 Å². The second kappa shape index (κ2) is 5.42. The van der Waals surface area contributed by atoms with Crippen LogP contribution in [0.5, 0.6) is 5.75 Å². The first-order chi connectivity index (χ1) is 10.2. The topological polar surface area (TPSA) is 55.8 Å². The number of esters is 1. The fraction of sp³-hybridized carbons (Fsp3) is 0.118. The molecule has 106 valence electrons. The van der Waals surface area contributed by atoms with Crippen LogP contribution in [0.15, 0.2) is 54.6 Å². The van der Waals surface area contributed by atoms with Gasteiger partial charge in [0.1, 0.15) is 17.6 Å². The molecule has 4 heteroatoms. The van der Waals surface area contributed by atoms with Crippen LogP contribution in [-0.4, -0.2) is 18.2 Å². The van der Waals surface area contributed by atoms with E-state index in [2.05, 4.69) is 0 Å². The molecule has 0 fully saturated rings. The molecular weight excluding hydrogens is 268 g/mol. The number of ether oxygens (including phenoxy) is 2. The summed E-state index contributed by atoms with van der Waals surface area (Å²) in [6.45, 7) is 0. The Morgan fingerprint density at radius 1 is 1.10 bits per heavy atom. The predicted molar refractivity (Wildman–Crippen MR) is 77.8 cm³/mol. The maximum atomic E-state index is 11.7. The third-order valence-corrected chi connectivity index (χ3v) is 3.38. The number of benzene rings is 2. The Balaban J connectivity index is 1.98. The van der Waals surface area contributed by atoms with Gasteiger partial charge >= 0.3 is 5.97 Å². The van der Waals surface area contributed by atoms with Gasteiger partial charge in [0, 0.05) is 11.1 Å². The van der Waals surface area contributed by atoms with Crippen molar-refractivity contribution >= 4 is 11.7 Å². The molecule has 0 radical (unpaired) electrons. The SMILES string of the molecule is COc1ccccc1C(O)/C=C1/OC(=O)c2ccccc21. The van der Waals surface area contributed by atoms with Gasteiger partial charge < -0.3 is 14.6 Å². The average molecular weight is 282 g/mol. The first-order valence-electron chi connectivity index (χ1n) is 6.55. The van der Waals surface area contributed by atoms with Gasteiger partial charge in [0.05, 0.1) is 12.7 Å². The number of fused-ring (bicyclic) bond motifs is 1. The van der Waals surface area contributed by atoms with E-state index in [-0.39, 0.29) is 0 Å². The summed E-state index contributed by atoms with van der Waals surface area (Å²) in [5.74, 6) is 0.553. The van der Waals surface area contributed by atoms with E-state index in [0.717, 1.165) is 0 Å². The number of carbonyl (C=O) groups excluding carboxylic acids is 1. The van der Waals surface area contributed by atoms with Crippen LogP contribution in [0.25, 0.3) is 5.76 Å². The smallest absolute Gasteiger partial charge is 0.344 e. The van der Waals surface area contributed by atoms with Crippen LogP contribution in [0.1, 0.15) is 27.6 Å². The van der Waals surface area contributed by atoms with E-state index >= 15 is 0 Å². The van der Waals surface area contributed by atoms with Gasteiger partial charge in [-0.3, -0.25) is 0 Å². The predicted octanol–water partition coefficient (Wildman–Crippen LogP) is 2.94. The summed E-state index contributed by atoms with van der Waals surface area (Å²) in [7, 11) is 1.55. The first-order valence-corrected chi connectivity index (χ1v) is 6.55. The molecule has 4 nitrogen and oxygen atoms in total. The van der Waals surface area contributed by atoms with Crippen molar-refractivity contribution in [3.8, 4) is 5.75 Å². The molecule has 0 saturated heterocycles. The van der Waals surface area contributed by atoms with E-state index in [1.807, 2.05) is 18.2 Å². The van der Waals surface area contributed by atoms with Crippen molar-refractivity contribution in [2.75, 3.05) is 7.11 Å². The molecule has 0 saturated carbocycles. The van der Waals surface area contributed by atoms with Gasteiger partial charge in [-0.2, -0.15) is 0 Å². The second-order valence-corrected chi connectivity index (χ2v) is 4.65. The van der Waals surface area contributed by atoms with Gasteiger partial charge in [-0.25, -0.2) is 4.79 Å². The molecule has 1 heterocycles. The third-order valence-electron chi connectivity index (χ3n) is 3.38. The molecule has 1 aliphatic rings. The number of para-hydroxylation sites is 1. The zero-order valence-electron chi connectivity index (χ0n) is 11.4. The molecule has 0 aliphatic carbocycles. The number of hydrogen-bond acceptors (Lipinski definition) is 4. The summed E-state index contributed by atoms with van der Waals surface area (Å²) in [5.41, 5.74) is 1.82. The minimum atomic E-state index is -0.921. The molecule has 2 aromatic rings. The van der Waals surface area contributed by atoms with Crippen molar-refractivity contribution in [2.24, 2.45) is 0 Å². The van der Waals surface area contributed by atoms with E-state index in [0.29, 0.717) is 28.2 Å². The van der Waals surface area contributed by atoms with E-state index in [9.17, 15) is 9.90 Å². The lowest BCUT2D eigenvalue weighted by molar-refractivity contribution is 0.0713. The largest absolute Gasteiger partial charge is 0.496 e. The van der Waals surface area contributed by atoms with E-state index < -0.39 is 12.1 Å². The van der Waals surface area contributed by atoms with Crippen molar-refractivity contribution in [1.82, 2.24) is 0 Å². The fourth-order valence-corrected chi connectivity index (χ4v) is 2.35. The van der Waals surface area contributed by atoms with E-state index in [1.54, 1.807) is 37.4 Å². The lowest BCUT2D eigenvalue weighted by Crippen LogP contribution is -1.99. The number of cyclic esters (lactones) is 1. The van der Waals surface area contributed by atoms with Crippen LogP contribution in [0.2, 0.25) is 0 Å². The molecule has 0 bridgehead atoms. The Kier molecular flexibility index (Phi) is 3.46. The first kappa shape index (κ1) is 13.4. The van der Waals surface area contributed by atoms with Crippen molar-refractivity contribution in [3.63, 3.8) is 0 Å². The number of carbonyl (C=O) groups is 1. The maximum absolute atomic E-state index is 11.7. The van der Waals surface area contributed by atoms with Crippen molar-refractivity contribution in [3.05, 3.63) is 71.3 Å². The molecular formula is C17H14O4. The van der Waals surface area contributed by atoms with E-state index in [1.165, 1.54) is 6.08 Å². The van der Waals surface area contributed by atoms with Crippen molar-refractivity contribution in [2.45, 2.75) is 6.10 Å². The summed E-state index contributed by atoms with van der Waals surface area (Å²) in [5, 5.41) is 10.4. The van der Waals surface area contributed by atoms with Gasteiger partial charge in [-0.1, -0.05) is 36.4 Å². The molecule has 3 rings (SSSR count). The fourth-order valence-electron chi connectivity index (χ4n) is 2.35. The lowest BCUT2D eigenvalue weighted by Gasteiger charge is -2.12. The van der Waals surface area contributed by atoms with Gasteiger partial charge in [-0.05, 0) is 18.2 Å². The number of rotatable bonds is 3. The number of hydrogen-bond donors (Lipinski definition) is 1. The number of methoxy groups -OCH3 is 1. The quantitative estimate of drug-likeness (QED) is 0.879. The highest BCUT2D eigenvalue weighted by atomic mass is 16.5. The molecule has 21 heavy (non-hydrogen) atoms. The molecule has 1 unspecified atom stereocenters. The summed E-state index contributed by atoms with van der Waals surface area (Å²) >= 11 is 0. The van der Waals surface area contributed by atoms with Crippen molar-refractivity contribution < 1.29 is 19.4 Å². The monoisotopic (exact) mass is 282 g/mol. The number of aliphatic hydroxyl groups is 1. The maximum Gasteiger partial charge on any atom is 0.344 e. The zero-order chi connectivity index (χ0) is 14.8. The average Bonchev–Trinajstić information content (AvgIpc) is 2.84. The minimum absolute atomic E-state index is 0.369. The third kappa shape index (κ3) is 2.41. The standard InChI is InChI=1S/C17H14O4/c1-20-15-9-5-4-8-13(15)14(18)10-16-11-6-2-3-7-12(11)17(19)21-16/h2-10,14,18H,1H3/b16-10+. The molecule has 0 amide bonds. The Hall–Kier alpha value is -2.59. The Morgan fingerprint density at radius 2 is 1.76 bits per heavy atom. The molecule has 2 aromatic carbocycles. The molecule has 1 atom stereocenters. The highest BCUT2D eigenvalue weighted by Gasteiger charge is 2.26. The summed E-state index contributed by atoms with van der Waals surface area (Å²) in [6.07, 6.45) is 0.594. The van der Waals surface area contributed by atoms with E-state index in [4.69, 9.17) is 9.47 Å². The Bertz CT molecular complexity index is 718. The van der Waals surface area contributed by atoms with Gasteiger partial charge in [0.2, 0.25) is 0 Å². The molecule has 0 aromatic heterocycles. The Labute approximate surface area is 122 Å². The summed E-state index contributed by atoms with van der Waals surface area (Å²) in [4.78, 5) is 11.7. The minimum Gasteiger partial charge on any atom is -0.496 e. The van der Waals surface area contributed by atoms with Crippen LogP contribution in [0.4, 0.5) is 0 Å². The number of aliphatic hydroxyl groups excluding tert-OH is 1. The Morgan fingerprint density at radius 3 is 2.52 bits per heavy atom. The highest BCUT2D eigenvalue weighted by molar-refractivity contribution is 6.02. The summed E-state index contributed by atoms with van der Waals surface area (Å²) < 4.78 is 10.4. The van der Waals surface area contributed by atoms with Crippen LogP contribution in [-0.2, 0) is 4.74 Å². The normalized spacial score (nSPS) is 16.5. The lowest BCUT2D eigenvalue weighted by atomic mass is 10.0. The molecule has 1 N–H and O–H groups in total. The summed E-state index contributed by atoms with van der Waals surface area (Å²) in [6, 6.07) is 14.3. The van der Waals surface area contributed by atoms with Gasteiger partial charge in [0.25, 0.3) is 0 Å². The zero-order valence-corrected chi connectivity index (χ0v) is 11.4. The molecule has 0 spiro atoms. The van der Waals surface area contributed by atoms with Crippen LogP contribution < -0.4 is 4.74 Å². The highest BCUT2D eigenvalue weighted by Crippen LogP contribution is 2.33. The van der Waals surface area contributed by atoms with Crippen LogP contribution in [0.3, 0.4) is 0 Å². The van der Waals surface area contributed by atoms with Crippen LogP contribution >= 0.6 is 0 Å². The van der Waals surface area contributed by atoms with Gasteiger partial charge in [-0.15, -0.1) is 0 Å².